The van der Waals surface area contributed by atoms with Gasteiger partial charge in [-0.2, -0.15) is 0 Å². The summed E-state index contributed by atoms with van der Waals surface area (Å²) >= 11 is 7.65. The van der Waals surface area contributed by atoms with E-state index in [2.05, 4.69) is 38.7 Å². The molecule has 0 saturated carbocycles. The van der Waals surface area contributed by atoms with Crippen LogP contribution in [0.1, 0.15) is 39.5 Å². The molecule has 0 aromatic heterocycles. The van der Waals surface area contributed by atoms with E-state index >= 15 is 0 Å². The van der Waals surface area contributed by atoms with Crippen molar-refractivity contribution in [3.8, 4) is 0 Å². The molecule has 0 aromatic carbocycles. The summed E-state index contributed by atoms with van der Waals surface area (Å²) in [4.78, 5) is 0. The largest absolute Gasteiger partial charge is 0.412 e. The maximum Gasteiger partial charge on any atom is 0.128 e. The van der Waals surface area contributed by atoms with Gasteiger partial charge in [0.05, 0.1) is 0 Å². The zero-order valence-corrected chi connectivity index (χ0v) is 15.3. The van der Waals surface area contributed by atoms with E-state index in [9.17, 15) is 0 Å². The number of nitrogens with two attached hydrogens (primary N) is 1. The number of unbranched alkanes of at least 4 members (excludes halogenated alkanes) is 2. The SMILES string of the molecule is CCCCSSCCCC.NC(=S)S.O.[Mo]. The molecule has 0 saturated heterocycles. The van der Waals surface area contributed by atoms with Gasteiger partial charge < -0.3 is 11.2 Å². The Balaban J connectivity index is -0.000000105. The van der Waals surface area contributed by atoms with Crippen LogP contribution in [0.3, 0.4) is 0 Å². The van der Waals surface area contributed by atoms with Gasteiger partial charge in [0.1, 0.15) is 4.32 Å². The van der Waals surface area contributed by atoms with E-state index in [-0.39, 0.29) is 30.9 Å². The van der Waals surface area contributed by atoms with Gasteiger partial charge in [0, 0.05) is 32.6 Å². The van der Waals surface area contributed by atoms with Crippen LogP contribution in [0.25, 0.3) is 0 Å². The molecule has 0 atom stereocenters. The quantitative estimate of drug-likeness (QED) is 0.232. The third-order valence-electron chi connectivity index (χ3n) is 1.25. The van der Waals surface area contributed by atoms with E-state index < -0.39 is 0 Å². The van der Waals surface area contributed by atoms with Gasteiger partial charge in [0.15, 0.2) is 0 Å². The average Bonchev–Trinajstić information content (AvgIpc) is 2.10. The van der Waals surface area contributed by atoms with Crippen LogP contribution < -0.4 is 5.73 Å². The summed E-state index contributed by atoms with van der Waals surface area (Å²) in [5, 5.41) is 0. The van der Waals surface area contributed by atoms with Crippen LogP contribution in [-0.2, 0) is 21.1 Å². The maximum atomic E-state index is 4.71. The van der Waals surface area contributed by atoms with E-state index in [4.69, 9.17) is 5.73 Å². The zero-order chi connectivity index (χ0) is 11.2. The summed E-state index contributed by atoms with van der Waals surface area (Å²) in [7, 11) is 4.07. The molecular weight excluding hydrogens is 362 g/mol. The number of hydrogen-bond acceptors (Lipinski definition) is 3. The van der Waals surface area contributed by atoms with E-state index in [1.807, 2.05) is 21.6 Å². The molecule has 0 aliphatic heterocycles. The smallest absolute Gasteiger partial charge is 0.128 e. The first-order valence-electron chi connectivity index (χ1n) is 4.87. The molecule has 16 heavy (non-hydrogen) atoms. The van der Waals surface area contributed by atoms with Gasteiger partial charge in [0.2, 0.25) is 0 Å². The first-order valence-corrected chi connectivity index (χ1v) is 8.22. The van der Waals surface area contributed by atoms with Crippen molar-refractivity contribution in [2.75, 3.05) is 11.5 Å². The third-order valence-corrected chi connectivity index (χ3v) is 3.82. The fraction of sp³-hybridized carbons (Fsp3) is 0.889. The Morgan fingerprint density at radius 1 is 1.12 bits per heavy atom. The Labute approximate surface area is 133 Å². The second kappa shape index (κ2) is 25.4. The molecule has 7 heteroatoms. The molecule has 0 aliphatic rings. The number of hydrogen-bond donors (Lipinski definition) is 2. The number of rotatable bonds is 7. The van der Waals surface area contributed by atoms with Crippen LogP contribution >= 0.6 is 46.4 Å². The average molecular weight is 385 g/mol. The number of thiocarbonyl (C=S) groups is 1. The second-order valence-corrected chi connectivity index (χ2v) is 6.62. The van der Waals surface area contributed by atoms with Crippen LogP contribution in [0.5, 0.6) is 0 Å². The zero-order valence-electron chi connectivity index (χ0n) is 9.90. The molecular formula is C9H23MoNOS4. The van der Waals surface area contributed by atoms with E-state index in [1.165, 1.54) is 37.2 Å². The fourth-order valence-corrected chi connectivity index (χ4v) is 2.99. The normalized spacial score (nSPS) is 7.94. The summed E-state index contributed by atoms with van der Waals surface area (Å²) in [5.74, 6) is 2.68. The Kier molecular flexibility index (Phi) is 41.7. The standard InChI is InChI=1S/C8H18S2.CH3NS2.Mo.H2O/c1-3-5-7-9-10-8-6-4-2;2-1(3)4;;/h3-8H2,1-2H3;(H3,2,3,4);;1H2. The monoisotopic (exact) mass is 387 g/mol. The topological polar surface area (TPSA) is 57.5 Å². The molecule has 0 aromatic rings. The Morgan fingerprint density at radius 2 is 1.38 bits per heavy atom. The maximum absolute atomic E-state index is 4.71. The second-order valence-electron chi connectivity index (χ2n) is 2.69. The van der Waals surface area contributed by atoms with Gasteiger partial charge in [0.25, 0.3) is 0 Å². The van der Waals surface area contributed by atoms with Crippen LogP contribution in [0, 0.1) is 0 Å². The van der Waals surface area contributed by atoms with Crippen LogP contribution in [0.2, 0.25) is 0 Å². The molecule has 2 nitrogen and oxygen atoms in total. The molecule has 0 unspecified atom stereocenters. The minimum atomic E-state index is 0. The van der Waals surface area contributed by atoms with E-state index in [0.29, 0.717) is 0 Å². The van der Waals surface area contributed by atoms with Crippen molar-refractivity contribution in [3.05, 3.63) is 0 Å². The summed E-state index contributed by atoms with van der Waals surface area (Å²) in [6.45, 7) is 4.49. The van der Waals surface area contributed by atoms with Gasteiger partial charge >= 0.3 is 0 Å². The first-order chi connectivity index (χ1) is 6.65. The summed E-state index contributed by atoms with van der Waals surface area (Å²) in [6.07, 6.45) is 5.43. The molecule has 0 radical (unpaired) electrons. The minimum Gasteiger partial charge on any atom is -0.412 e. The van der Waals surface area contributed by atoms with Crippen LogP contribution in [-0.4, -0.2) is 21.3 Å². The number of thiol groups is 1. The van der Waals surface area contributed by atoms with Crippen LogP contribution in [0.4, 0.5) is 0 Å². The van der Waals surface area contributed by atoms with Crippen molar-refractivity contribution in [1.82, 2.24) is 0 Å². The van der Waals surface area contributed by atoms with Gasteiger partial charge in [-0.15, -0.1) is 12.6 Å². The molecule has 100 valence electrons. The van der Waals surface area contributed by atoms with Crippen molar-refractivity contribution in [2.45, 2.75) is 39.5 Å². The molecule has 0 amide bonds. The fourth-order valence-electron chi connectivity index (χ4n) is 0.524. The van der Waals surface area contributed by atoms with Gasteiger partial charge in [-0.1, -0.05) is 60.5 Å². The predicted octanol–water partition coefficient (Wildman–Crippen LogP) is 3.30. The Hall–Kier alpha value is 1.59. The Morgan fingerprint density at radius 3 is 1.56 bits per heavy atom. The third kappa shape index (κ3) is 45.0. The van der Waals surface area contributed by atoms with Crippen molar-refractivity contribution < 1.29 is 26.5 Å². The molecule has 4 N–H and O–H groups in total. The predicted molar refractivity (Wildman–Crippen MR) is 84.1 cm³/mol. The molecule has 0 heterocycles. The summed E-state index contributed by atoms with van der Waals surface area (Å²) in [5.41, 5.74) is 4.71. The van der Waals surface area contributed by atoms with E-state index in [1.54, 1.807) is 0 Å². The molecule has 0 bridgehead atoms. The molecule has 0 fully saturated rings. The van der Waals surface area contributed by atoms with Crippen molar-refractivity contribution in [3.63, 3.8) is 0 Å². The van der Waals surface area contributed by atoms with Gasteiger partial charge in [-0.25, -0.2) is 0 Å². The molecule has 0 spiro atoms. The van der Waals surface area contributed by atoms with Gasteiger partial charge in [-0.3, -0.25) is 0 Å². The van der Waals surface area contributed by atoms with E-state index in [0.717, 1.165) is 0 Å². The van der Waals surface area contributed by atoms with Gasteiger partial charge in [-0.05, 0) is 12.8 Å². The Bertz CT molecular complexity index is 118. The van der Waals surface area contributed by atoms with Crippen LogP contribution in [0.15, 0.2) is 0 Å². The van der Waals surface area contributed by atoms with Crippen molar-refractivity contribution in [1.29, 1.82) is 0 Å². The summed E-state index contributed by atoms with van der Waals surface area (Å²) in [6, 6.07) is 0. The summed E-state index contributed by atoms with van der Waals surface area (Å²) < 4.78 is 0.194. The molecule has 0 aliphatic carbocycles. The minimum absolute atomic E-state index is 0. The molecule has 0 rings (SSSR count). The van der Waals surface area contributed by atoms with Crippen molar-refractivity contribution >= 4 is 50.8 Å². The first kappa shape index (κ1) is 26.2. The van der Waals surface area contributed by atoms with Crippen molar-refractivity contribution in [2.24, 2.45) is 5.73 Å².